The minimum absolute atomic E-state index is 0.140. The van der Waals surface area contributed by atoms with Crippen molar-refractivity contribution >= 4 is 29.3 Å². The largest absolute Gasteiger partial charge is 0.455 e. The van der Waals surface area contributed by atoms with E-state index in [0.29, 0.717) is 5.69 Å². The molecule has 140 valence electrons. The topological polar surface area (TPSA) is 70.4 Å². The first kappa shape index (κ1) is 20.5. The lowest BCUT2D eigenvalue weighted by Crippen LogP contribution is -2.35. The van der Waals surface area contributed by atoms with Crippen molar-refractivity contribution in [2.24, 2.45) is 0 Å². The van der Waals surface area contributed by atoms with Gasteiger partial charge in [0.05, 0.1) is 18.2 Å². The van der Waals surface area contributed by atoms with Gasteiger partial charge in [0.15, 0.2) is 6.61 Å². The van der Waals surface area contributed by atoms with Crippen LogP contribution in [0.5, 0.6) is 0 Å². The van der Waals surface area contributed by atoms with Crippen LogP contribution >= 0.6 is 11.8 Å². The molecule has 0 spiro atoms. The normalized spacial score (nSPS) is 10.1. The monoisotopic (exact) mass is 382 g/mol. The number of benzene rings is 2. The summed E-state index contributed by atoms with van der Waals surface area (Å²) in [5.74, 6) is -0.649. The Labute approximate surface area is 163 Å². The molecule has 0 heterocycles. The maximum absolute atomic E-state index is 12.5. The lowest BCUT2D eigenvalue weighted by Gasteiger charge is -2.21. The number of aryl methyl sites for hydroxylation is 2. The lowest BCUT2D eigenvalue weighted by atomic mass is 10.2. The van der Waals surface area contributed by atoms with Crippen molar-refractivity contribution in [2.75, 3.05) is 23.8 Å². The summed E-state index contributed by atoms with van der Waals surface area (Å²) in [7, 11) is 0. The molecule has 0 aromatic heterocycles. The summed E-state index contributed by atoms with van der Waals surface area (Å²) in [4.78, 5) is 26.9. The number of rotatable bonds is 8. The Morgan fingerprint density at radius 1 is 1.15 bits per heavy atom. The van der Waals surface area contributed by atoms with Crippen LogP contribution < -0.4 is 4.90 Å². The smallest absolute Gasteiger partial charge is 0.316 e. The highest BCUT2D eigenvalue weighted by molar-refractivity contribution is 8.00. The van der Waals surface area contributed by atoms with Gasteiger partial charge in [-0.1, -0.05) is 35.9 Å². The van der Waals surface area contributed by atoms with Crippen molar-refractivity contribution in [2.45, 2.75) is 25.2 Å². The van der Waals surface area contributed by atoms with Crippen LogP contribution in [-0.4, -0.2) is 30.8 Å². The summed E-state index contributed by atoms with van der Waals surface area (Å²) in [5.41, 5.74) is 2.96. The van der Waals surface area contributed by atoms with Crippen LogP contribution in [0.25, 0.3) is 0 Å². The molecule has 0 fully saturated rings. The molecule has 2 aromatic rings. The number of para-hydroxylation sites is 1. The number of esters is 1. The van der Waals surface area contributed by atoms with Gasteiger partial charge in [-0.3, -0.25) is 9.59 Å². The fourth-order valence-corrected chi connectivity index (χ4v) is 3.33. The highest BCUT2D eigenvalue weighted by atomic mass is 32.2. The van der Waals surface area contributed by atoms with E-state index in [9.17, 15) is 9.59 Å². The van der Waals surface area contributed by atoms with Gasteiger partial charge in [0.25, 0.3) is 5.91 Å². The minimum Gasteiger partial charge on any atom is -0.455 e. The van der Waals surface area contributed by atoms with Crippen molar-refractivity contribution < 1.29 is 14.3 Å². The summed E-state index contributed by atoms with van der Waals surface area (Å²) in [6.07, 6.45) is 0.205. The van der Waals surface area contributed by atoms with Crippen molar-refractivity contribution in [3.05, 3.63) is 59.7 Å². The molecule has 27 heavy (non-hydrogen) atoms. The summed E-state index contributed by atoms with van der Waals surface area (Å²) in [5, 5.41) is 8.80. The SMILES string of the molecule is Cc1ccc(SCC(=O)OCC(=O)N(CCC#N)c2ccccc2)c(C)c1. The zero-order valence-electron chi connectivity index (χ0n) is 15.5. The first-order valence-electron chi connectivity index (χ1n) is 8.59. The highest BCUT2D eigenvalue weighted by Gasteiger charge is 2.17. The average Bonchev–Trinajstić information content (AvgIpc) is 2.67. The molecule has 2 rings (SSSR count). The first-order valence-corrected chi connectivity index (χ1v) is 9.58. The van der Waals surface area contributed by atoms with Gasteiger partial charge in [-0.05, 0) is 37.6 Å². The van der Waals surface area contributed by atoms with Crippen molar-refractivity contribution in [1.29, 1.82) is 5.26 Å². The number of carbonyl (C=O) groups is 2. The number of ether oxygens (including phenoxy) is 1. The zero-order valence-corrected chi connectivity index (χ0v) is 16.3. The van der Waals surface area contributed by atoms with E-state index in [2.05, 4.69) is 6.07 Å². The second kappa shape index (κ2) is 10.4. The highest BCUT2D eigenvalue weighted by Crippen LogP contribution is 2.23. The number of thioether (sulfide) groups is 1. The fourth-order valence-electron chi connectivity index (χ4n) is 2.53. The number of anilines is 1. The van der Waals surface area contributed by atoms with Gasteiger partial charge in [0, 0.05) is 17.1 Å². The van der Waals surface area contributed by atoms with E-state index in [1.807, 2.05) is 50.2 Å². The van der Waals surface area contributed by atoms with Crippen LogP contribution in [0.2, 0.25) is 0 Å². The van der Waals surface area contributed by atoms with Crippen molar-refractivity contribution in [1.82, 2.24) is 0 Å². The summed E-state index contributed by atoms with van der Waals surface area (Å²) >= 11 is 1.39. The third-order valence-corrected chi connectivity index (χ3v) is 5.00. The van der Waals surface area contributed by atoms with Crippen LogP contribution in [0.1, 0.15) is 17.5 Å². The van der Waals surface area contributed by atoms with Crippen LogP contribution in [0.4, 0.5) is 5.69 Å². The standard InChI is InChI=1S/C21H22N2O3S/c1-16-9-10-19(17(2)13-16)27-15-21(25)26-14-20(24)23(12-6-11-22)18-7-4-3-5-8-18/h3-5,7-10,13H,6,12,14-15H2,1-2H3. The average molecular weight is 382 g/mol. The first-order chi connectivity index (χ1) is 13.0. The van der Waals surface area contributed by atoms with E-state index in [1.165, 1.54) is 22.2 Å². The van der Waals surface area contributed by atoms with Crippen LogP contribution in [-0.2, 0) is 14.3 Å². The third-order valence-electron chi connectivity index (χ3n) is 3.85. The number of nitrogens with zero attached hydrogens (tertiary/aromatic N) is 2. The van der Waals surface area contributed by atoms with Crippen LogP contribution in [0.3, 0.4) is 0 Å². The molecule has 5 nitrogen and oxygen atoms in total. The molecule has 0 radical (unpaired) electrons. The van der Waals surface area contributed by atoms with Gasteiger partial charge in [0.2, 0.25) is 0 Å². The molecular weight excluding hydrogens is 360 g/mol. The predicted molar refractivity (Wildman–Crippen MR) is 107 cm³/mol. The number of amides is 1. The van der Waals surface area contributed by atoms with Crippen molar-refractivity contribution in [3.8, 4) is 6.07 Å². The van der Waals surface area contributed by atoms with Gasteiger partial charge >= 0.3 is 5.97 Å². The predicted octanol–water partition coefficient (Wildman–Crippen LogP) is 3.89. The molecule has 0 bridgehead atoms. The Bertz CT molecular complexity index is 831. The Morgan fingerprint density at radius 2 is 1.89 bits per heavy atom. The molecule has 0 atom stereocenters. The van der Waals surface area contributed by atoms with Gasteiger partial charge < -0.3 is 9.64 Å². The van der Waals surface area contributed by atoms with E-state index in [0.717, 1.165) is 10.5 Å². The van der Waals surface area contributed by atoms with Gasteiger partial charge in [-0.15, -0.1) is 11.8 Å². The molecule has 0 aliphatic carbocycles. The molecule has 0 saturated heterocycles. The van der Waals surface area contributed by atoms with E-state index in [1.54, 1.807) is 12.1 Å². The molecule has 2 aromatic carbocycles. The Kier molecular flexibility index (Phi) is 7.90. The number of carbonyl (C=O) groups excluding carboxylic acids is 2. The van der Waals surface area contributed by atoms with E-state index < -0.39 is 5.97 Å². The number of hydrogen-bond acceptors (Lipinski definition) is 5. The van der Waals surface area contributed by atoms with Gasteiger partial charge in [0.1, 0.15) is 0 Å². The summed E-state index contributed by atoms with van der Waals surface area (Å²) < 4.78 is 5.14. The fraction of sp³-hybridized carbons (Fsp3) is 0.286. The molecule has 0 aliphatic rings. The second-order valence-electron chi connectivity index (χ2n) is 6.01. The molecule has 0 N–H and O–H groups in total. The quantitative estimate of drug-likeness (QED) is 0.512. The lowest BCUT2D eigenvalue weighted by molar-refractivity contribution is -0.145. The molecule has 0 saturated carbocycles. The maximum Gasteiger partial charge on any atom is 0.316 e. The van der Waals surface area contributed by atoms with Crippen molar-refractivity contribution in [3.63, 3.8) is 0 Å². The summed E-state index contributed by atoms with van der Waals surface area (Å²) in [6.45, 7) is 3.93. The summed E-state index contributed by atoms with van der Waals surface area (Å²) in [6, 6.07) is 17.1. The molecular formula is C21H22N2O3S. The molecule has 0 unspecified atom stereocenters. The Morgan fingerprint density at radius 3 is 2.56 bits per heavy atom. The number of hydrogen-bond donors (Lipinski definition) is 0. The zero-order chi connectivity index (χ0) is 19.6. The van der Waals surface area contributed by atoms with E-state index >= 15 is 0 Å². The Balaban J connectivity index is 1.88. The second-order valence-corrected chi connectivity index (χ2v) is 7.02. The van der Waals surface area contributed by atoms with Crippen LogP contribution in [0, 0.1) is 25.2 Å². The molecule has 0 aliphatic heterocycles. The molecule has 1 amide bonds. The molecule has 6 heteroatoms. The van der Waals surface area contributed by atoms with E-state index in [4.69, 9.17) is 10.00 Å². The van der Waals surface area contributed by atoms with E-state index in [-0.39, 0.29) is 31.2 Å². The number of nitriles is 1. The van der Waals surface area contributed by atoms with Crippen LogP contribution in [0.15, 0.2) is 53.4 Å². The Hall–Kier alpha value is -2.78. The van der Waals surface area contributed by atoms with Gasteiger partial charge in [-0.2, -0.15) is 5.26 Å². The maximum atomic E-state index is 12.5. The van der Waals surface area contributed by atoms with Gasteiger partial charge in [-0.25, -0.2) is 0 Å². The third kappa shape index (κ3) is 6.46. The minimum atomic E-state index is -0.443.